The van der Waals surface area contributed by atoms with Crippen LogP contribution in [0.25, 0.3) is 0 Å². The molecule has 0 aromatic carbocycles. The number of allylic oxidation sites excluding steroid dienone is 2. The summed E-state index contributed by atoms with van der Waals surface area (Å²) in [5.74, 6) is 1.48. The standard InChI is InChI=1S/C19H23NO3/c1-17(2)14-5-7-19(11-21)6-4-13(22)8-15(19)18(14,3)9-12-10-20-23-16(12)17/h8,10-11,14H,4-7,9H2,1-3H3/t14-,18-,19+/m0/s1. The van der Waals surface area contributed by atoms with Crippen molar-refractivity contribution in [2.24, 2.45) is 16.7 Å². The Hall–Kier alpha value is -1.71. The van der Waals surface area contributed by atoms with Crippen LogP contribution in [0.4, 0.5) is 0 Å². The molecule has 0 amide bonds. The maximum atomic E-state index is 12.1. The zero-order valence-electron chi connectivity index (χ0n) is 14.0. The molecule has 0 spiro atoms. The van der Waals surface area contributed by atoms with E-state index in [1.54, 1.807) is 12.3 Å². The van der Waals surface area contributed by atoms with E-state index < -0.39 is 5.41 Å². The van der Waals surface area contributed by atoms with Gasteiger partial charge in [-0.15, -0.1) is 0 Å². The largest absolute Gasteiger partial charge is 0.361 e. The Morgan fingerprint density at radius 1 is 1.30 bits per heavy atom. The van der Waals surface area contributed by atoms with Gasteiger partial charge in [0.1, 0.15) is 12.0 Å². The lowest BCUT2D eigenvalue weighted by atomic mass is 9.44. The lowest BCUT2D eigenvalue weighted by Crippen LogP contribution is -2.55. The monoisotopic (exact) mass is 313 g/mol. The Balaban J connectivity index is 1.93. The third kappa shape index (κ3) is 1.75. The highest BCUT2D eigenvalue weighted by atomic mass is 16.5. The van der Waals surface area contributed by atoms with E-state index in [1.807, 2.05) is 0 Å². The van der Waals surface area contributed by atoms with Crippen molar-refractivity contribution in [2.75, 3.05) is 0 Å². The van der Waals surface area contributed by atoms with E-state index in [0.717, 1.165) is 42.4 Å². The number of hydrogen-bond acceptors (Lipinski definition) is 4. The molecule has 0 unspecified atom stereocenters. The lowest BCUT2D eigenvalue weighted by Gasteiger charge is -2.58. The molecule has 0 aliphatic heterocycles. The van der Waals surface area contributed by atoms with Crippen LogP contribution in [0.1, 0.15) is 57.8 Å². The molecule has 0 saturated heterocycles. The first kappa shape index (κ1) is 14.9. The first-order valence-electron chi connectivity index (χ1n) is 8.49. The quantitative estimate of drug-likeness (QED) is 0.746. The predicted octanol–water partition coefficient (Wildman–Crippen LogP) is 3.40. The average molecular weight is 313 g/mol. The summed E-state index contributed by atoms with van der Waals surface area (Å²) in [5.41, 5.74) is 1.41. The number of hydrogen-bond donors (Lipinski definition) is 0. The van der Waals surface area contributed by atoms with Gasteiger partial charge in [0.05, 0.1) is 6.20 Å². The number of rotatable bonds is 1. The Morgan fingerprint density at radius 3 is 2.83 bits per heavy atom. The number of aldehydes is 1. The van der Waals surface area contributed by atoms with Gasteiger partial charge in [0, 0.05) is 22.8 Å². The van der Waals surface area contributed by atoms with E-state index in [1.165, 1.54) is 0 Å². The zero-order chi connectivity index (χ0) is 16.5. The molecular weight excluding hydrogens is 290 g/mol. The fourth-order valence-electron chi connectivity index (χ4n) is 5.79. The molecule has 1 aromatic rings. The predicted molar refractivity (Wildman–Crippen MR) is 84.9 cm³/mol. The third-order valence-corrected chi connectivity index (χ3v) is 6.81. The summed E-state index contributed by atoms with van der Waals surface area (Å²) in [7, 11) is 0. The number of carbonyl (C=O) groups is 2. The summed E-state index contributed by atoms with van der Waals surface area (Å²) >= 11 is 0. The van der Waals surface area contributed by atoms with Crippen LogP contribution < -0.4 is 0 Å². The third-order valence-electron chi connectivity index (χ3n) is 6.81. The minimum atomic E-state index is -0.441. The minimum absolute atomic E-state index is 0.144. The van der Waals surface area contributed by atoms with Gasteiger partial charge in [0.15, 0.2) is 5.78 Å². The van der Waals surface area contributed by atoms with Crippen molar-refractivity contribution in [3.05, 3.63) is 29.2 Å². The Bertz CT molecular complexity index is 729. The van der Waals surface area contributed by atoms with Gasteiger partial charge in [-0.3, -0.25) is 4.79 Å². The molecular formula is C19H23NO3. The molecule has 122 valence electrons. The van der Waals surface area contributed by atoms with Gasteiger partial charge in [-0.1, -0.05) is 25.9 Å². The van der Waals surface area contributed by atoms with Gasteiger partial charge in [0.25, 0.3) is 0 Å². The van der Waals surface area contributed by atoms with Gasteiger partial charge in [-0.05, 0) is 48.7 Å². The highest BCUT2D eigenvalue weighted by Crippen LogP contribution is 2.64. The molecule has 1 saturated carbocycles. The highest BCUT2D eigenvalue weighted by Gasteiger charge is 2.60. The molecule has 0 N–H and O–H groups in total. The summed E-state index contributed by atoms with van der Waals surface area (Å²) < 4.78 is 5.57. The molecule has 1 heterocycles. The van der Waals surface area contributed by atoms with Crippen LogP contribution >= 0.6 is 0 Å². The average Bonchev–Trinajstić information content (AvgIpc) is 2.96. The topological polar surface area (TPSA) is 60.2 Å². The van der Waals surface area contributed by atoms with E-state index in [0.29, 0.717) is 18.8 Å². The molecule has 0 bridgehead atoms. The van der Waals surface area contributed by atoms with Gasteiger partial charge < -0.3 is 9.32 Å². The SMILES string of the molecule is CC1(C)c2oncc2C[C@]2(C)C3=CC(=O)CC[C@]3(C=O)CC[C@@H]12. The first-order chi connectivity index (χ1) is 10.8. The molecule has 0 radical (unpaired) electrons. The van der Waals surface area contributed by atoms with E-state index in [2.05, 4.69) is 25.9 Å². The van der Waals surface area contributed by atoms with Crippen LogP contribution in [0.2, 0.25) is 0 Å². The zero-order valence-corrected chi connectivity index (χ0v) is 14.0. The first-order valence-corrected chi connectivity index (χ1v) is 8.49. The Morgan fingerprint density at radius 2 is 2.09 bits per heavy atom. The normalized spacial score (nSPS) is 38.1. The van der Waals surface area contributed by atoms with Gasteiger partial charge >= 0.3 is 0 Å². The molecule has 3 aliphatic rings. The molecule has 4 heteroatoms. The van der Waals surface area contributed by atoms with Gasteiger partial charge in [-0.25, -0.2) is 0 Å². The summed E-state index contributed by atoms with van der Waals surface area (Å²) in [6.07, 6.45) is 8.49. The summed E-state index contributed by atoms with van der Waals surface area (Å²) in [4.78, 5) is 24.1. The van der Waals surface area contributed by atoms with Crippen molar-refractivity contribution < 1.29 is 14.1 Å². The van der Waals surface area contributed by atoms with E-state index >= 15 is 0 Å². The highest BCUT2D eigenvalue weighted by molar-refractivity contribution is 5.94. The molecule has 23 heavy (non-hydrogen) atoms. The van der Waals surface area contributed by atoms with Crippen LogP contribution in [0.15, 0.2) is 22.4 Å². The molecule has 1 fully saturated rings. The van der Waals surface area contributed by atoms with Crippen molar-refractivity contribution in [3.8, 4) is 0 Å². The maximum Gasteiger partial charge on any atom is 0.155 e. The summed E-state index contributed by atoms with van der Waals surface area (Å²) in [6, 6.07) is 0. The summed E-state index contributed by atoms with van der Waals surface area (Å²) in [6.45, 7) is 6.65. The molecule has 4 nitrogen and oxygen atoms in total. The van der Waals surface area contributed by atoms with E-state index in [-0.39, 0.29) is 16.6 Å². The van der Waals surface area contributed by atoms with Gasteiger partial charge in [-0.2, -0.15) is 0 Å². The number of carbonyl (C=O) groups excluding carboxylic acids is 2. The fraction of sp³-hybridized carbons (Fsp3) is 0.632. The summed E-state index contributed by atoms with van der Waals surface area (Å²) in [5, 5.41) is 4.01. The van der Waals surface area contributed by atoms with E-state index in [9.17, 15) is 9.59 Å². The molecule has 3 aliphatic carbocycles. The second kappa shape index (κ2) is 4.43. The van der Waals surface area contributed by atoms with Crippen LogP contribution in [-0.2, 0) is 21.4 Å². The lowest BCUT2D eigenvalue weighted by molar-refractivity contribution is -0.122. The van der Waals surface area contributed by atoms with Crippen LogP contribution in [-0.4, -0.2) is 17.2 Å². The van der Waals surface area contributed by atoms with E-state index in [4.69, 9.17) is 4.52 Å². The van der Waals surface area contributed by atoms with Crippen LogP contribution in [0.3, 0.4) is 0 Å². The molecule has 3 atom stereocenters. The Kier molecular flexibility index (Phi) is 2.86. The minimum Gasteiger partial charge on any atom is -0.361 e. The second-order valence-corrected chi connectivity index (χ2v) is 8.39. The van der Waals surface area contributed by atoms with Crippen molar-refractivity contribution in [1.82, 2.24) is 5.16 Å². The molecule has 4 rings (SSSR count). The smallest absolute Gasteiger partial charge is 0.155 e. The second-order valence-electron chi connectivity index (χ2n) is 8.39. The van der Waals surface area contributed by atoms with Crippen molar-refractivity contribution in [3.63, 3.8) is 0 Å². The molecule has 1 aromatic heterocycles. The number of ketones is 1. The van der Waals surface area contributed by atoms with Crippen LogP contribution in [0, 0.1) is 16.7 Å². The van der Waals surface area contributed by atoms with Crippen LogP contribution in [0.5, 0.6) is 0 Å². The Labute approximate surface area is 136 Å². The number of nitrogens with zero attached hydrogens (tertiary/aromatic N) is 1. The maximum absolute atomic E-state index is 12.1. The van der Waals surface area contributed by atoms with Crippen molar-refractivity contribution in [1.29, 1.82) is 0 Å². The van der Waals surface area contributed by atoms with Crippen molar-refractivity contribution in [2.45, 2.75) is 58.3 Å². The number of aromatic nitrogens is 1. The number of fused-ring (bicyclic) bond motifs is 4. The van der Waals surface area contributed by atoms with Gasteiger partial charge in [0.2, 0.25) is 0 Å². The van der Waals surface area contributed by atoms with Crippen molar-refractivity contribution >= 4 is 12.1 Å². The fourth-order valence-corrected chi connectivity index (χ4v) is 5.79.